The number of nitrogens with zero attached hydrogens (tertiary/aromatic N) is 1. The molecule has 1 amide bonds. The third kappa shape index (κ3) is 2.55. The van der Waals surface area contributed by atoms with Crippen LogP contribution in [0.15, 0.2) is 24.3 Å². The molecule has 0 unspecified atom stereocenters. The molecule has 0 heterocycles. The largest absolute Gasteiger partial charge is 0.273 e. The van der Waals surface area contributed by atoms with Gasteiger partial charge in [0, 0.05) is 12.1 Å². The van der Waals surface area contributed by atoms with E-state index in [2.05, 4.69) is 0 Å². The zero-order valence-corrected chi connectivity index (χ0v) is 6.69. The Morgan fingerprint density at radius 2 is 2.23 bits per heavy atom. The van der Waals surface area contributed by atoms with Crippen LogP contribution in [-0.4, -0.2) is 10.8 Å². The van der Waals surface area contributed by atoms with E-state index in [1.54, 1.807) is 6.07 Å². The molecule has 5 nitrogen and oxygen atoms in total. The summed E-state index contributed by atoms with van der Waals surface area (Å²) >= 11 is 0. The fraction of sp³-hybridized carbons (Fsp3) is 0.125. The van der Waals surface area contributed by atoms with Gasteiger partial charge in [-0.3, -0.25) is 20.6 Å². The average Bonchev–Trinajstić information content (AvgIpc) is 2.03. The lowest BCUT2D eigenvalue weighted by molar-refractivity contribution is -0.384. The molecule has 0 fully saturated rings. The molecule has 1 rings (SSSR count). The quantitative estimate of drug-likeness (QED) is 0.511. The van der Waals surface area contributed by atoms with Gasteiger partial charge in [0.15, 0.2) is 0 Å². The van der Waals surface area contributed by atoms with E-state index in [0.717, 1.165) is 0 Å². The van der Waals surface area contributed by atoms with Crippen LogP contribution in [-0.2, 0) is 11.2 Å². The zero-order valence-electron chi connectivity index (χ0n) is 6.69. The average molecular weight is 179 g/mol. The molecule has 67 valence electrons. The number of carbonyl (C=O) groups is 1. The van der Waals surface area contributed by atoms with Gasteiger partial charge in [0.05, 0.1) is 11.3 Å². The van der Waals surface area contributed by atoms with E-state index in [1.807, 2.05) is 0 Å². The Morgan fingerprint density at radius 3 is 2.77 bits per heavy atom. The van der Waals surface area contributed by atoms with Gasteiger partial charge in [-0.05, 0) is 5.56 Å². The Labute approximate surface area is 74.3 Å². The van der Waals surface area contributed by atoms with Crippen molar-refractivity contribution >= 4 is 11.6 Å². The molecule has 0 saturated heterocycles. The number of hydrogen-bond donors (Lipinski definition) is 0. The summed E-state index contributed by atoms with van der Waals surface area (Å²) in [5.41, 5.74) is 7.12. The maximum Gasteiger partial charge on any atom is 0.269 e. The second kappa shape index (κ2) is 3.66. The van der Waals surface area contributed by atoms with Crippen molar-refractivity contribution in [3.8, 4) is 0 Å². The normalized spacial score (nSPS) is 9.54. The number of hydrogen-bond acceptors (Lipinski definition) is 3. The summed E-state index contributed by atoms with van der Waals surface area (Å²) in [5, 5.41) is 10.3. The molecule has 1 aromatic carbocycles. The molecule has 1 aromatic rings. The number of nitro benzene ring substituents is 1. The van der Waals surface area contributed by atoms with Crippen LogP contribution in [0.3, 0.4) is 0 Å². The van der Waals surface area contributed by atoms with Crippen molar-refractivity contribution in [1.82, 2.24) is 5.73 Å². The highest BCUT2D eigenvalue weighted by Gasteiger charge is 2.06. The van der Waals surface area contributed by atoms with Crippen molar-refractivity contribution in [2.45, 2.75) is 6.42 Å². The van der Waals surface area contributed by atoms with Gasteiger partial charge in [0.1, 0.15) is 0 Å². The molecular weight excluding hydrogens is 172 g/mol. The summed E-state index contributed by atoms with van der Waals surface area (Å²) in [6.07, 6.45) is -0.0817. The van der Waals surface area contributed by atoms with Crippen molar-refractivity contribution in [1.29, 1.82) is 0 Å². The van der Waals surface area contributed by atoms with E-state index < -0.39 is 10.8 Å². The summed E-state index contributed by atoms with van der Waals surface area (Å²) in [6, 6.07) is 5.72. The standard InChI is InChI=1S/C8H7N2O3/c9-8(11)5-6-2-1-3-7(4-6)10(12)13/h1-4,9H,5H2. The van der Waals surface area contributed by atoms with Gasteiger partial charge >= 0.3 is 0 Å². The fourth-order valence-electron chi connectivity index (χ4n) is 0.965. The van der Waals surface area contributed by atoms with Crippen molar-refractivity contribution < 1.29 is 9.72 Å². The summed E-state index contributed by atoms with van der Waals surface area (Å²) in [6.45, 7) is 0. The van der Waals surface area contributed by atoms with Gasteiger partial charge in [0.2, 0.25) is 5.91 Å². The van der Waals surface area contributed by atoms with E-state index in [-0.39, 0.29) is 12.1 Å². The number of amides is 1. The van der Waals surface area contributed by atoms with Crippen LogP contribution >= 0.6 is 0 Å². The number of nitro groups is 1. The minimum atomic E-state index is -0.750. The SMILES string of the molecule is [NH]C(=O)Cc1cccc([N+](=O)[O-])c1. The molecule has 0 saturated carbocycles. The van der Waals surface area contributed by atoms with Crippen LogP contribution in [0.25, 0.3) is 0 Å². The van der Waals surface area contributed by atoms with Crippen LogP contribution in [0.5, 0.6) is 0 Å². The van der Waals surface area contributed by atoms with Gasteiger partial charge in [-0.25, -0.2) is 0 Å². The second-order valence-corrected chi connectivity index (χ2v) is 2.53. The van der Waals surface area contributed by atoms with Gasteiger partial charge in [-0.2, -0.15) is 0 Å². The molecule has 1 radical (unpaired) electrons. The molecule has 1 N–H and O–H groups in total. The van der Waals surface area contributed by atoms with Crippen LogP contribution in [0.4, 0.5) is 5.69 Å². The van der Waals surface area contributed by atoms with Crippen LogP contribution in [0.2, 0.25) is 0 Å². The molecule has 0 aliphatic heterocycles. The Balaban J connectivity index is 2.91. The van der Waals surface area contributed by atoms with Gasteiger partial charge in [-0.1, -0.05) is 12.1 Å². The van der Waals surface area contributed by atoms with Crippen molar-refractivity contribution in [2.75, 3.05) is 0 Å². The molecular formula is C8H7N2O3. The van der Waals surface area contributed by atoms with E-state index in [4.69, 9.17) is 5.73 Å². The Morgan fingerprint density at radius 1 is 1.54 bits per heavy atom. The molecule has 0 aliphatic rings. The molecule has 5 heteroatoms. The highest BCUT2D eigenvalue weighted by atomic mass is 16.6. The molecule has 0 atom stereocenters. The smallest absolute Gasteiger partial charge is 0.269 e. The first-order chi connectivity index (χ1) is 6.09. The molecule has 0 spiro atoms. The van der Waals surface area contributed by atoms with E-state index in [9.17, 15) is 14.9 Å². The van der Waals surface area contributed by atoms with E-state index in [0.29, 0.717) is 5.56 Å². The summed E-state index contributed by atoms with van der Waals surface area (Å²) < 4.78 is 0. The van der Waals surface area contributed by atoms with E-state index in [1.165, 1.54) is 18.2 Å². The molecule has 0 bridgehead atoms. The number of rotatable bonds is 3. The second-order valence-electron chi connectivity index (χ2n) is 2.53. The molecule has 13 heavy (non-hydrogen) atoms. The number of benzene rings is 1. The highest BCUT2D eigenvalue weighted by molar-refractivity contribution is 5.76. The number of nitrogens with one attached hydrogen (secondary N) is 1. The number of carbonyl (C=O) groups excluding carboxylic acids is 1. The zero-order chi connectivity index (χ0) is 9.84. The maximum absolute atomic E-state index is 10.4. The van der Waals surface area contributed by atoms with E-state index >= 15 is 0 Å². The Bertz CT molecular complexity index is 349. The monoisotopic (exact) mass is 179 g/mol. The van der Waals surface area contributed by atoms with Gasteiger partial charge < -0.3 is 0 Å². The van der Waals surface area contributed by atoms with Gasteiger partial charge in [-0.15, -0.1) is 0 Å². The van der Waals surface area contributed by atoms with Crippen LogP contribution < -0.4 is 5.73 Å². The predicted octanol–water partition coefficient (Wildman–Crippen LogP) is 0.947. The summed E-state index contributed by atoms with van der Waals surface area (Å²) in [7, 11) is 0. The lowest BCUT2D eigenvalue weighted by Gasteiger charge is -1.95. The summed E-state index contributed by atoms with van der Waals surface area (Å²) in [4.78, 5) is 20.2. The lowest BCUT2D eigenvalue weighted by Crippen LogP contribution is -2.02. The highest BCUT2D eigenvalue weighted by Crippen LogP contribution is 2.13. The number of non-ortho nitro benzene ring substituents is 1. The topological polar surface area (TPSA) is 84.0 Å². The first-order valence-electron chi connectivity index (χ1n) is 3.57. The fourth-order valence-corrected chi connectivity index (χ4v) is 0.965. The summed E-state index contributed by atoms with van der Waals surface area (Å²) in [5.74, 6) is -0.750. The lowest BCUT2D eigenvalue weighted by atomic mass is 10.1. The third-order valence-electron chi connectivity index (χ3n) is 1.49. The first kappa shape index (κ1) is 9.18. The third-order valence-corrected chi connectivity index (χ3v) is 1.49. The minimum Gasteiger partial charge on any atom is -0.273 e. The van der Waals surface area contributed by atoms with Crippen LogP contribution in [0, 0.1) is 10.1 Å². The Kier molecular flexibility index (Phi) is 2.59. The first-order valence-corrected chi connectivity index (χ1v) is 3.57. The maximum atomic E-state index is 10.4. The van der Waals surface area contributed by atoms with Gasteiger partial charge in [0.25, 0.3) is 5.69 Å². The van der Waals surface area contributed by atoms with Crippen molar-refractivity contribution in [2.24, 2.45) is 0 Å². The molecule has 0 aromatic heterocycles. The molecule has 0 aliphatic carbocycles. The minimum absolute atomic E-state index is 0.0567. The van der Waals surface area contributed by atoms with Crippen molar-refractivity contribution in [3.63, 3.8) is 0 Å². The Hall–Kier alpha value is -1.91. The van der Waals surface area contributed by atoms with Crippen LogP contribution in [0.1, 0.15) is 5.56 Å². The van der Waals surface area contributed by atoms with Crippen molar-refractivity contribution in [3.05, 3.63) is 39.9 Å². The predicted molar refractivity (Wildman–Crippen MR) is 44.9 cm³/mol.